The molecular weight excluding hydrogens is 198 g/mol. The number of benzene rings is 1. The molecule has 3 heteroatoms. The molecular formula is C12H12F2O. The molecule has 0 atom stereocenters. The van der Waals surface area contributed by atoms with Gasteiger partial charge in [-0.3, -0.25) is 4.79 Å². The lowest BCUT2D eigenvalue weighted by Crippen LogP contribution is -2.31. The molecule has 1 saturated carbocycles. The minimum absolute atomic E-state index is 0.386. The maximum atomic E-state index is 13.4. The van der Waals surface area contributed by atoms with E-state index in [1.165, 1.54) is 0 Å². The number of rotatable bonds is 3. The zero-order valence-corrected chi connectivity index (χ0v) is 8.47. The van der Waals surface area contributed by atoms with Crippen LogP contribution in [0.3, 0.4) is 0 Å². The first-order valence-corrected chi connectivity index (χ1v) is 4.94. The van der Waals surface area contributed by atoms with Gasteiger partial charge in [-0.15, -0.1) is 0 Å². The van der Waals surface area contributed by atoms with Gasteiger partial charge in [-0.05, 0) is 18.4 Å². The van der Waals surface area contributed by atoms with E-state index in [-0.39, 0.29) is 0 Å². The van der Waals surface area contributed by atoms with E-state index in [0.29, 0.717) is 30.3 Å². The van der Waals surface area contributed by atoms with E-state index in [1.54, 1.807) is 24.3 Å². The predicted molar refractivity (Wildman–Crippen MR) is 53.4 cm³/mol. The van der Waals surface area contributed by atoms with Gasteiger partial charge in [-0.2, -0.15) is 0 Å². The average molecular weight is 210 g/mol. The Morgan fingerprint density at radius 1 is 1.33 bits per heavy atom. The van der Waals surface area contributed by atoms with Crippen molar-refractivity contribution in [1.82, 2.24) is 0 Å². The Morgan fingerprint density at radius 3 is 2.40 bits per heavy atom. The van der Waals surface area contributed by atoms with Crippen molar-refractivity contribution in [3.05, 3.63) is 35.4 Å². The van der Waals surface area contributed by atoms with Gasteiger partial charge in [-0.25, -0.2) is 8.78 Å². The van der Waals surface area contributed by atoms with Crippen LogP contribution in [0.25, 0.3) is 0 Å². The van der Waals surface area contributed by atoms with Gasteiger partial charge in [0, 0.05) is 12.5 Å². The van der Waals surface area contributed by atoms with Gasteiger partial charge < -0.3 is 0 Å². The maximum absolute atomic E-state index is 13.4. The molecule has 0 radical (unpaired) electrons. The monoisotopic (exact) mass is 210 g/mol. The first kappa shape index (κ1) is 10.3. The molecule has 80 valence electrons. The number of hydrogen-bond acceptors (Lipinski definition) is 1. The van der Waals surface area contributed by atoms with Crippen LogP contribution in [0, 0.1) is 0 Å². The van der Waals surface area contributed by atoms with Gasteiger partial charge in [0.05, 0.1) is 5.41 Å². The zero-order valence-electron chi connectivity index (χ0n) is 8.47. The van der Waals surface area contributed by atoms with E-state index in [4.69, 9.17) is 0 Å². The van der Waals surface area contributed by atoms with Crippen LogP contribution >= 0.6 is 0 Å². The topological polar surface area (TPSA) is 17.1 Å². The third-order valence-electron chi connectivity index (χ3n) is 3.19. The lowest BCUT2D eigenvalue weighted by atomic mass is 9.87. The summed E-state index contributed by atoms with van der Waals surface area (Å²) in [4.78, 5) is 10.8. The molecule has 0 aliphatic heterocycles. The minimum Gasteiger partial charge on any atom is -0.298 e. The smallest absolute Gasteiger partial charge is 0.254 e. The molecule has 1 nitrogen and oxygen atoms in total. The van der Waals surface area contributed by atoms with Crippen molar-refractivity contribution < 1.29 is 13.6 Å². The molecule has 0 aromatic heterocycles. The number of alkyl halides is 2. The van der Waals surface area contributed by atoms with Gasteiger partial charge in [0.25, 0.3) is 5.92 Å². The van der Waals surface area contributed by atoms with Crippen LogP contribution in [0.2, 0.25) is 0 Å². The zero-order chi connectivity index (χ0) is 11.1. The van der Waals surface area contributed by atoms with Crippen LogP contribution in [0.5, 0.6) is 0 Å². The SMILES string of the molecule is CC(F)(F)C1(c2ccccc2C=O)CC1. The summed E-state index contributed by atoms with van der Waals surface area (Å²) in [6.45, 7) is 0.932. The summed E-state index contributed by atoms with van der Waals surface area (Å²) in [5.74, 6) is -2.76. The summed E-state index contributed by atoms with van der Waals surface area (Å²) in [5.41, 5.74) is -0.214. The van der Waals surface area contributed by atoms with Crippen molar-refractivity contribution in [2.45, 2.75) is 31.1 Å². The lowest BCUT2D eigenvalue weighted by Gasteiger charge is -2.24. The molecule has 0 N–H and O–H groups in total. The van der Waals surface area contributed by atoms with E-state index in [0.717, 1.165) is 6.92 Å². The highest BCUT2D eigenvalue weighted by Gasteiger charge is 2.60. The Hall–Kier alpha value is -1.25. The summed E-state index contributed by atoms with van der Waals surface area (Å²) in [5, 5.41) is 0. The largest absolute Gasteiger partial charge is 0.298 e. The van der Waals surface area contributed by atoms with Gasteiger partial charge in [-0.1, -0.05) is 24.3 Å². The fourth-order valence-electron chi connectivity index (χ4n) is 2.11. The van der Waals surface area contributed by atoms with Gasteiger partial charge in [0.15, 0.2) is 0 Å². The van der Waals surface area contributed by atoms with Crippen molar-refractivity contribution in [3.63, 3.8) is 0 Å². The number of hydrogen-bond donors (Lipinski definition) is 0. The molecule has 1 aliphatic rings. The summed E-state index contributed by atoms with van der Waals surface area (Å²) < 4.78 is 26.9. The molecule has 0 spiro atoms. The molecule has 0 saturated heterocycles. The van der Waals surface area contributed by atoms with Crippen LogP contribution in [0.15, 0.2) is 24.3 Å². The Balaban J connectivity index is 2.50. The summed E-state index contributed by atoms with van der Waals surface area (Å²) >= 11 is 0. The summed E-state index contributed by atoms with van der Waals surface area (Å²) in [7, 11) is 0. The quantitative estimate of drug-likeness (QED) is 0.700. The summed E-state index contributed by atoms with van der Waals surface area (Å²) in [6.07, 6.45) is 1.57. The highest BCUT2D eigenvalue weighted by atomic mass is 19.3. The molecule has 1 aromatic carbocycles. The Morgan fingerprint density at radius 2 is 1.93 bits per heavy atom. The average Bonchev–Trinajstić information content (AvgIpc) is 2.97. The van der Waals surface area contributed by atoms with Gasteiger partial charge >= 0.3 is 0 Å². The van der Waals surface area contributed by atoms with Crippen LogP contribution in [0.1, 0.15) is 35.7 Å². The van der Waals surface area contributed by atoms with Gasteiger partial charge in [0.1, 0.15) is 6.29 Å². The molecule has 15 heavy (non-hydrogen) atoms. The van der Waals surface area contributed by atoms with E-state index >= 15 is 0 Å². The Kier molecular flexibility index (Phi) is 2.14. The first-order valence-electron chi connectivity index (χ1n) is 4.94. The number of carbonyl (C=O) groups excluding carboxylic acids is 1. The molecule has 2 rings (SSSR count). The molecule has 1 aromatic rings. The molecule has 1 fully saturated rings. The molecule has 0 heterocycles. The number of aldehydes is 1. The van der Waals surface area contributed by atoms with Crippen LogP contribution in [-0.2, 0) is 5.41 Å². The van der Waals surface area contributed by atoms with E-state index in [9.17, 15) is 13.6 Å². The van der Waals surface area contributed by atoms with Crippen molar-refractivity contribution >= 4 is 6.29 Å². The predicted octanol–water partition coefficient (Wildman–Crippen LogP) is 3.19. The minimum atomic E-state index is -2.76. The Bertz CT molecular complexity index is 389. The standard InChI is InChI=1S/C12H12F2O/c1-11(13,14)12(6-7-12)10-5-3-2-4-9(10)8-15/h2-5,8H,6-7H2,1H3. The Labute approximate surface area is 87.1 Å². The fraction of sp³-hybridized carbons (Fsp3) is 0.417. The van der Waals surface area contributed by atoms with Crippen LogP contribution in [0.4, 0.5) is 8.78 Å². The van der Waals surface area contributed by atoms with E-state index in [1.807, 2.05) is 0 Å². The fourth-order valence-corrected chi connectivity index (χ4v) is 2.11. The van der Waals surface area contributed by atoms with Crippen molar-refractivity contribution in [3.8, 4) is 0 Å². The van der Waals surface area contributed by atoms with Crippen molar-refractivity contribution in [1.29, 1.82) is 0 Å². The second-order valence-electron chi connectivity index (χ2n) is 4.18. The van der Waals surface area contributed by atoms with Crippen LogP contribution < -0.4 is 0 Å². The van der Waals surface area contributed by atoms with Gasteiger partial charge in [0.2, 0.25) is 0 Å². The highest BCUT2D eigenvalue weighted by molar-refractivity contribution is 5.78. The van der Waals surface area contributed by atoms with E-state index < -0.39 is 11.3 Å². The number of carbonyl (C=O) groups is 1. The molecule has 0 amide bonds. The highest BCUT2D eigenvalue weighted by Crippen LogP contribution is 2.58. The second kappa shape index (κ2) is 3.12. The molecule has 1 aliphatic carbocycles. The normalized spacial score (nSPS) is 18.6. The third-order valence-corrected chi connectivity index (χ3v) is 3.19. The second-order valence-corrected chi connectivity index (χ2v) is 4.18. The lowest BCUT2D eigenvalue weighted by molar-refractivity contribution is -0.0201. The maximum Gasteiger partial charge on any atom is 0.254 e. The van der Waals surface area contributed by atoms with Crippen LogP contribution in [-0.4, -0.2) is 12.2 Å². The molecule has 0 bridgehead atoms. The first-order chi connectivity index (χ1) is 7.01. The van der Waals surface area contributed by atoms with Crippen molar-refractivity contribution in [2.75, 3.05) is 0 Å². The number of halogens is 2. The third kappa shape index (κ3) is 1.46. The molecule has 0 unspecified atom stereocenters. The summed E-state index contributed by atoms with van der Waals surface area (Å²) in [6, 6.07) is 6.62. The van der Waals surface area contributed by atoms with E-state index in [2.05, 4.69) is 0 Å². The van der Waals surface area contributed by atoms with Crippen molar-refractivity contribution in [2.24, 2.45) is 0 Å².